The molecule has 6 heteroatoms. The average Bonchev–Trinajstić information content (AvgIpc) is 2.16. The summed E-state index contributed by atoms with van der Waals surface area (Å²) >= 11 is 0. The molecule has 16 heavy (non-hydrogen) atoms. The third kappa shape index (κ3) is 3.30. The Kier molecular flexibility index (Phi) is 3.93. The molecular weight excluding hydrogens is 215 g/mol. The van der Waals surface area contributed by atoms with E-state index in [1.165, 1.54) is 19.2 Å². The number of rotatable bonds is 4. The molecular formula is C10H11FN2O3. The summed E-state index contributed by atoms with van der Waals surface area (Å²) in [6, 6.07) is 0.676. The topological polar surface area (TPSA) is 79.3 Å². The molecule has 5 nitrogen and oxygen atoms in total. The van der Waals surface area contributed by atoms with Gasteiger partial charge in [0.25, 0.3) is 5.91 Å². The quantitative estimate of drug-likeness (QED) is 0.796. The first-order chi connectivity index (χ1) is 7.50. The number of hydrogen-bond acceptors (Lipinski definition) is 3. The van der Waals surface area contributed by atoms with E-state index in [1.807, 2.05) is 0 Å². The molecule has 1 atom stereocenters. The lowest BCUT2D eigenvalue weighted by Gasteiger charge is -2.11. The summed E-state index contributed by atoms with van der Waals surface area (Å²) < 4.78 is 13.1. The minimum Gasteiger partial charge on any atom is -0.481 e. The fourth-order valence-electron chi connectivity index (χ4n) is 1.17. The molecule has 1 aromatic heterocycles. The van der Waals surface area contributed by atoms with Crippen LogP contribution in [0.3, 0.4) is 0 Å². The summed E-state index contributed by atoms with van der Waals surface area (Å²) in [5, 5.41) is 10.9. The van der Waals surface area contributed by atoms with Gasteiger partial charge < -0.3 is 10.4 Å². The molecule has 0 saturated carbocycles. The van der Waals surface area contributed by atoms with Gasteiger partial charge in [0.1, 0.15) is 0 Å². The van der Waals surface area contributed by atoms with Crippen molar-refractivity contribution in [3.05, 3.63) is 29.8 Å². The first kappa shape index (κ1) is 12.1. The molecule has 0 aliphatic heterocycles. The Hall–Kier alpha value is -1.98. The van der Waals surface area contributed by atoms with Crippen LogP contribution in [0.5, 0.6) is 0 Å². The number of amides is 1. The van der Waals surface area contributed by atoms with Gasteiger partial charge in [-0.1, -0.05) is 0 Å². The van der Waals surface area contributed by atoms with Gasteiger partial charge in [0.15, 0.2) is 5.82 Å². The number of aliphatic carboxylic acids is 1. The second-order valence-corrected chi connectivity index (χ2v) is 3.33. The van der Waals surface area contributed by atoms with Crippen LogP contribution >= 0.6 is 0 Å². The van der Waals surface area contributed by atoms with Crippen molar-refractivity contribution >= 4 is 11.9 Å². The van der Waals surface area contributed by atoms with Crippen LogP contribution in [0, 0.1) is 5.82 Å². The van der Waals surface area contributed by atoms with Crippen molar-refractivity contribution in [1.82, 2.24) is 10.3 Å². The fraction of sp³-hybridized carbons (Fsp3) is 0.300. The van der Waals surface area contributed by atoms with Crippen molar-refractivity contribution in [2.45, 2.75) is 19.4 Å². The van der Waals surface area contributed by atoms with Gasteiger partial charge in [0.05, 0.1) is 18.2 Å². The maximum atomic E-state index is 13.1. The van der Waals surface area contributed by atoms with Crippen LogP contribution in [0.4, 0.5) is 4.39 Å². The molecule has 0 aromatic carbocycles. The summed E-state index contributed by atoms with van der Waals surface area (Å²) in [6.45, 7) is 1.53. The normalized spacial score (nSPS) is 11.9. The number of carbonyl (C=O) groups is 2. The molecule has 1 heterocycles. The van der Waals surface area contributed by atoms with Crippen molar-refractivity contribution in [3.8, 4) is 0 Å². The molecule has 86 valence electrons. The molecule has 1 rings (SSSR count). The van der Waals surface area contributed by atoms with Gasteiger partial charge in [-0.15, -0.1) is 0 Å². The van der Waals surface area contributed by atoms with Gasteiger partial charge >= 0.3 is 5.97 Å². The van der Waals surface area contributed by atoms with Crippen LogP contribution in [0.25, 0.3) is 0 Å². The van der Waals surface area contributed by atoms with Crippen LogP contribution in [-0.4, -0.2) is 28.0 Å². The van der Waals surface area contributed by atoms with E-state index in [2.05, 4.69) is 10.3 Å². The number of carboxylic acid groups (broad SMARTS) is 1. The van der Waals surface area contributed by atoms with Crippen LogP contribution in [0.2, 0.25) is 0 Å². The lowest BCUT2D eigenvalue weighted by atomic mass is 10.2. The lowest BCUT2D eigenvalue weighted by Crippen LogP contribution is -2.34. The zero-order valence-corrected chi connectivity index (χ0v) is 8.61. The van der Waals surface area contributed by atoms with Crippen LogP contribution in [-0.2, 0) is 4.79 Å². The molecule has 0 radical (unpaired) electrons. The number of aromatic nitrogens is 1. The Labute approximate surface area is 91.3 Å². The Balaban J connectivity index is 2.66. The predicted molar refractivity (Wildman–Crippen MR) is 53.4 cm³/mol. The van der Waals surface area contributed by atoms with E-state index in [1.54, 1.807) is 0 Å². The van der Waals surface area contributed by atoms with Gasteiger partial charge in [-0.05, 0) is 13.0 Å². The highest BCUT2D eigenvalue weighted by atomic mass is 19.1. The summed E-state index contributed by atoms with van der Waals surface area (Å²) in [6.07, 6.45) is 2.01. The van der Waals surface area contributed by atoms with Gasteiger partial charge in [0, 0.05) is 12.2 Å². The van der Waals surface area contributed by atoms with Gasteiger partial charge in [-0.3, -0.25) is 14.6 Å². The van der Waals surface area contributed by atoms with E-state index in [0.29, 0.717) is 0 Å². The highest BCUT2D eigenvalue weighted by Crippen LogP contribution is 2.04. The summed E-state index contributed by atoms with van der Waals surface area (Å²) in [4.78, 5) is 25.4. The molecule has 0 spiro atoms. The molecule has 0 saturated heterocycles. The zero-order valence-electron chi connectivity index (χ0n) is 8.61. The number of pyridine rings is 1. The highest BCUT2D eigenvalue weighted by molar-refractivity contribution is 5.94. The van der Waals surface area contributed by atoms with E-state index >= 15 is 0 Å². The smallest absolute Gasteiger partial charge is 0.305 e. The second-order valence-electron chi connectivity index (χ2n) is 3.33. The molecule has 0 aliphatic rings. The zero-order chi connectivity index (χ0) is 12.1. The third-order valence-corrected chi connectivity index (χ3v) is 1.88. The van der Waals surface area contributed by atoms with E-state index in [9.17, 15) is 14.0 Å². The van der Waals surface area contributed by atoms with Gasteiger partial charge in [-0.25, -0.2) is 4.39 Å². The maximum absolute atomic E-state index is 13.1. The Morgan fingerprint density at radius 2 is 2.31 bits per heavy atom. The Morgan fingerprint density at radius 3 is 2.88 bits per heavy atom. The molecule has 1 aromatic rings. The van der Waals surface area contributed by atoms with E-state index < -0.39 is 23.7 Å². The Bertz CT molecular complexity index is 409. The van der Waals surface area contributed by atoms with E-state index in [0.717, 1.165) is 6.20 Å². The maximum Gasteiger partial charge on any atom is 0.305 e. The first-order valence-electron chi connectivity index (χ1n) is 4.63. The summed E-state index contributed by atoms with van der Waals surface area (Å²) in [7, 11) is 0. The standard InChI is InChI=1S/C10H11FN2O3/c1-6(4-9(14)15)13-10(16)7-2-3-12-5-8(7)11/h2-3,5-6H,4H2,1H3,(H,13,16)(H,14,15). The largest absolute Gasteiger partial charge is 0.481 e. The average molecular weight is 226 g/mol. The number of hydrogen-bond donors (Lipinski definition) is 2. The molecule has 1 amide bonds. The lowest BCUT2D eigenvalue weighted by molar-refractivity contribution is -0.137. The monoisotopic (exact) mass is 226 g/mol. The second kappa shape index (κ2) is 5.20. The third-order valence-electron chi connectivity index (χ3n) is 1.88. The number of nitrogens with one attached hydrogen (secondary N) is 1. The summed E-state index contributed by atoms with van der Waals surface area (Å²) in [5.74, 6) is -2.40. The first-order valence-corrected chi connectivity index (χ1v) is 4.63. The van der Waals surface area contributed by atoms with Crippen LogP contribution in [0.15, 0.2) is 18.5 Å². The van der Waals surface area contributed by atoms with Crippen molar-refractivity contribution in [3.63, 3.8) is 0 Å². The van der Waals surface area contributed by atoms with Crippen molar-refractivity contribution in [1.29, 1.82) is 0 Å². The highest BCUT2D eigenvalue weighted by Gasteiger charge is 2.15. The van der Waals surface area contributed by atoms with Crippen LogP contribution in [0.1, 0.15) is 23.7 Å². The molecule has 0 fully saturated rings. The van der Waals surface area contributed by atoms with Crippen LogP contribution < -0.4 is 5.32 Å². The van der Waals surface area contributed by atoms with Crippen molar-refractivity contribution < 1.29 is 19.1 Å². The van der Waals surface area contributed by atoms with Gasteiger partial charge in [0.2, 0.25) is 0 Å². The van der Waals surface area contributed by atoms with E-state index in [-0.39, 0.29) is 12.0 Å². The minimum atomic E-state index is -1.02. The molecule has 1 unspecified atom stereocenters. The summed E-state index contributed by atoms with van der Waals surface area (Å²) in [5.41, 5.74) is -0.146. The molecule has 0 aliphatic carbocycles. The van der Waals surface area contributed by atoms with Gasteiger partial charge in [-0.2, -0.15) is 0 Å². The number of nitrogens with zero attached hydrogens (tertiary/aromatic N) is 1. The number of carbonyl (C=O) groups excluding carboxylic acids is 1. The molecule has 0 bridgehead atoms. The van der Waals surface area contributed by atoms with Crippen molar-refractivity contribution in [2.75, 3.05) is 0 Å². The predicted octanol–water partition coefficient (Wildman–Crippen LogP) is 0.814. The fourth-order valence-corrected chi connectivity index (χ4v) is 1.17. The minimum absolute atomic E-state index is 0.146. The van der Waals surface area contributed by atoms with Crippen molar-refractivity contribution in [2.24, 2.45) is 0 Å². The number of carboxylic acids is 1. The number of halogens is 1. The molecule has 2 N–H and O–H groups in total. The SMILES string of the molecule is CC(CC(=O)O)NC(=O)c1ccncc1F. The van der Waals surface area contributed by atoms with E-state index in [4.69, 9.17) is 5.11 Å². The Morgan fingerprint density at radius 1 is 1.62 bits per heavy atom.